The zero-order valence-corrected chi connectivity index (χ0v) is 17.0. The molecule has 1 N–H and O–H groups in total. The maximum absolute atomic E-state index is 11.0. The summed E-state index contributed by atoms with van der Waals surface area (Å²) in [6.45, 7) is 6.01. The predicted octanol–water partition coefficient (Wildman–Crippen LogP) is 5.71. The van der Waals surface area contributed by atoms with Crippen molar-refractivity contribution in [2.75, 3.05) is 0 Å². The van der Waals surface area contributed by atoms with Crippen LogP contribution < -0.4 is 0 Å². The first-order valence-electron chi connectivity index (χ1n) is 8.18. The van der Waals surface area contributed by atoms with E-state index >= 15 is 0 Å². The molecular weight excluding hydrogens is 389 g/mol. The molecule has 0 aliphatic heterocycles. The maximum atomic E-state index is 11.0. The molecule has 1 atom stereocenters. The van der Waals surface area contributed by atoms with E-state index in [1.54, 1.807) is 12.3 Å². The van der Waals surface area contributed by atoms with Gasteiger partial charge in [0.2, 0.25) is 0 Å². The minimum absolute atomic E-state index is 0.135. The third-order valence-corrected chi connectivity index (χ3v) is 5.38. The highest BCUT2D eigenvalue weighted by Crippen LogP contribution is 2.39. The second-order valence-electron chi connectivity index (χ2n) is 6.21. The molecule has 0 aliphatic rings. The quantitative estimate of drug-likeness (QED) is 0.588. The van der Waals surface area contributed by atoms with Gasteiger partial charge in [-0.3, -0.25) is 9.67 Å². The summed E-state index contributed by atoms with van der Waals surface area (Å²) in [6.07, 6.45) is 0.811. The Labute approximate surface area is 167 Å². The molecule has 0 aliphatic carbocycles. The molecule has 7 heteroatoms. The third-order valence-electron chi connectivity index (χ3n) is 3.87. The molecule has 0 saturated carbocycles. The van der Waals surface area contributed by atoms with E-state index in [1.165, 1.54) is 11.8 Å². The highest BCUT2D eigenvalue weighted by molar-refractivity contribution is 7.99. The van der Waals surface area contributed by atoms with Crippen LogP contribution in [0.15, 0.2) is 52.5 Å². The van der Waals surface area contributed by atoms with Crippen LogP contribution in [-0.4, -0.2) is 19.9 Å². The number of aliphatic hydroxyl groups is 1. The fraction of sp³-hybridized carbons (Fsp3) is 0.263. The molecule has 136 valence electrons. The Morgan fingerprint density at radius 3 is 2.38 bits per heavy atom. The summed E-state index contributed by atoms with van der Waals surface area (Å²) in [7, 11) is 0. The molecule has 2 aromatic heterocycles. The van der Waals surface area contributed by atoms with Crippen molar-refractivity contribution < 1.29 is 5.11 Å². The van der Waals surface area contributed by atoms with Gasteiger partial charge in [-0.1, -0.05) is 41.0 Å². The van der Waals surface area contributed by atoms with Gasteiger partial charge < -0.3 is 5.11 Å². The average Bonchev–Trinajstić information content (AvgIpc) is 2.90. The van der Waals surface area contributed by atoms with Gasteiger partial charge in [0, 0.05) is 32.7 Å². The lowest BCUT2D eigenvalue weighted by Gasteiger charge is -2.15. The zero-order chi connectivity index (χ0) is 18.8. The fourth-order valence-corrected chi connectivity index (χ4v) is 4.66. The lowest BCUT2D eigenvalue weighted by Crippen LogP contribution is -2.07. The molecule has 3 rings (SSSR count). The van der Waals surface area contributed by atoms with E-state index in [9.17, 15) is 5.11 Å². The van der Waals surface area contributed by atoms with Crippen molar-refractivity contribution in [2.24, 2.45) is 0 Å². The standard InChI is InChI=1S/C19H19Cl2N3OS/c1-11(2)24-19(26-15-9-13(20)8-14(21)10-15)17(12(3)23-24)18(25)16-6-4-5-7-22-16/h4-11,18,25H,1-3H3. The largest absolute Gasteiger partial charge is 0.382 e. The second kappa shape index (κ2) is 8.01. The number of aliphatic hydroxyl groups excluding tert-OH is 1. The van der Waals surface area contributed by atoms with Gasteiger partial charge >= 0.3 is 0 Å². The fourth-order valence-electron chi connectivity index (χ4n) is 2.69. The SMILES string of the molecule is Cc1nn(C(C)C)c(Sc2cc(Cl)cc(Cl)c2)c1C(O)c1ccccn1. The van der Waals surface area contributed by atoms with Crippen molar-refractivity contribution in [3.63, 3.8) is 0 Å². The van der Waals surface area contributed by atoms with Crippen LogP contribution in [0.4, 0.5) is 0 Å². The zero-order valence-electron chi connectivity index (χ0n) is 14.6. The molecule has 4 nitrogen and oxygen atoms in total. The van der Waals surface area contributed by atoms with Crippen LogP contribution in [0.25, 0.3) is 0 Å². The molecule has 0 fully saturated rings. The number of hydrogen-bond donors (Lipinski definition) is 1. The van der Waals surface area contributed by atoms with E-state index in [1.807, 2.05) is 41.9 Å². The van der Waals surface area contributed by atoms with E-state index in [2.05, 4.69) is 23.9 Å². The van der Waals surface area contributed by atoms with Crippen molar-refractivity contribution in [1.82, 2.24) is 14.8 Å². The van der Waals surface area contributed by atoms with Crippen LogP contribution in [0.5, 0.6) is 0 Å². The van der Waals surface area contributed by atoms with Gasteiger partial charge in [-0.05, 0) is 51.1 Å². The summed E-state index contributed by atoms with van der Waals surface area (Å²) in [5.74, 6) is 0. The third kappa shape index (κ3) is 4.07. The molecule has 0 spiro atoms. The monoisotopic (exact) mass is 407 g/mol. The molecular formula is C19H19Cl2N3OS. The van der Waals surface area contributed by atoms with Gasteiger partial charge in [-0.25, -0.2) is 0 Å². The van der Waals surface area contributed by atoms with Gasteiger partial charge in [-0.2, -0.15) is 5.10 Å². The Morgan fingerprint density at radius 2 is 1.81 bits per heavy atom. The summed E-state index contributed by atoms with van der Waals surface area (Å²) >= 11 is 13.8. The second-order valence-corrected chi connectivity index (χ2v) is 8.14. The van der Waals surface area contributed by atoms with Crippen molar-refractivity contribution in [3.8, 4) is 0 Å². The van der Waals surface area contributed by atoms with Crippen molar-refractivity contribution >= 4 is 35.0 Å². The van der Waals surface area contributed by atoms with E-state index in [4.69, 9.17) is 23.2 Å². The minimum atomic E-state index is -0.860. The normalized spacial score (nSPS) is 12.6. The summed E-state index contributed by atoms with van der Waals surface area (Å²) in [4.78, 5) is 5.18. The Kier molecular flexibility index (Phi) is 5.92. The van der Waals surface area contributed by atoms with Crippen molar-refractivity contribution in [2.45, 2.75) is 42.8 Å². The smallest absolute Gasteiger partial charge is 0.125 e. The predicted molar refractivity (Wildman–Crippen MR) is 106 cm³/mol. The van der Waals surface area contributed by atoms with Crippen LogP contribution >= 0.6 is 35.0 Å². The Bertz CT molecular complexity index is 892. The van der Waals surface area contributed by atoms with Crippen molar-refractivity contribution in [3.05, 3.63) is 69.6 Å². The summed E-state index contributed by atoms with van der Waals surface area (Å²) in [5.41, 5.74) is 2.11. The van der Waals surface area contributed by atoms with Crippen LogP contribution in [0.3, 0.4) is 0 Å². The topological polar surface area (TPSA) is 50.9 Å². The van der Waals surface area contributed by atoms with Gasteiger partial charge in [-0.15, -0.1) is 0 Å². The molecule has 0 amide bonds. The lowest BCUT2D eigenvalue weighted by molar-refractivity contribution is 0.211. The summed E-state index contributed by atoms with van der Waals surface area (Å²) in [5, 5.41) is 17.6. The Hall–Kier alpha value is -1.53. The highest BCUT2D eigenvalue weighted by atomic mass is 35.5. The Morgan fingerprint density at radius 1 is 1.12 bits per heavy atom. The first-order chi connectivity index (χ1) is 12.4. The summed E-state index contributed by atoms with van der Waals surface area (Å²) < 4.78 is 1.91. The molecule has 26 heavy (non-hydrogen) atoms. The number of nitrogens with zero attached hydrogens (tertiary/aromatic N) is 3. The molecule has 0 radical (unpaired) electrons. The first-order valence-corrected chi connectivity index (χ1v) is 9.76. The van der Waals surface area contributed by atoms with Gasteiger partial charge in [0.25, 0.3) is 0 Å². The van der Waals surface area contributed by atoms with E-state index in [0.29, 0.717) is 15.7 Å². The van der Waals surface area contributed by atoms with Gasteiger partial charge in [0.1, 0.15) is 11.1 Å². The number of halogens is 2. The van der Waals surface area contributed by atoms with Crippen LogP contribution in [0.2, 0.25) is 10.0 Å². The molecule has 3 aromatic rings. The number of aryl methyl sites for hydroxylation is 1. The molecule has 1 unspecified atom stereocenters. The number of hydrogen-bond acceptors (Lipinski definition) is 4. The van der Waals surface area contributed by atoms with Crippen LogP contribution in [0, 0.1) is 6.92 Å². The summed E-state index contributed by atoms with van der Waals surface area (Å²) in [6, 6.07) is 11.0. The number of rotatable bonds is 5. The minimum Gasteiger partial charge on any atom is -0.382 e. The number of benzene rings is 1. The first kappa shape index (κ1) is 19.2. The van der Waals surface area contributed by atoms with E-state index < -0.39 is 6.10 Å². The molecule has 1 aromatic carbocycles. The number of pyridine rings is 1. The Balaban J connectivity index is 2.10. The lowest BCUT2D eigenvalue weighted by atomic mass is 10.1. The molecule has 0 bridgehead atoms. The van der Waals surface area contributed by atoms with Gasteiger partial charge in [0.15, 0.2) is 0 Å². The average molecular weight is 408 g/mol. The van der Waals surface area contributed by atoms with Crippen LogP contribution in [0.1, 0.15) is 42.9 Å². The van der Waals surface area contributed by atoms with Crippen LogP contribution in [-0.2, 0) is 0 Å². The number of aromatic nitrogens is 3. The van der Waals surface area contributed by atoms with Gasteiger partial charge in [0.05, 0.1) is 11.4 Å². The van der Waals surface area contributed by atoms with E-state index in [0.717, 1.165) is 21.2 Å². The molecule has 0 saturated heterocycles. The van der Waals surface area contributed by atoms with Crippen molar-refractivity contribution in [1.29, 1.82) is 0 Å². The molecule has 2 heterocycles. The highest BCUT2D eigenvalue weighted by Gasteiger charge is 2.25. The van der Waals surface area contributed by atoms with E-state index in [-0.39, 0.29) is 6.04 Å². The maximum Gasteiger partial charge on any atom is 0.125 e.